The summed E-state index contributed by atoms with van der Waals surface area (Å²) >= 11 is 0. The smallest absolute Gasteiger partial charge is 0.328 e. The molecule has 0 aromatic carbocycles. The fourth-order valence-electron chi connectivity index (χ4n) is 1.19. The Labute approximate surface area is 101 Å². The molecule has 0 unspecified atom stereocenters. The normalized spacial score (nSPS) is 15.6. The number of aliphatic hydroxyl groups excluding tert-OH is 1. The Morgan fingerprint density at radius 3 is 2.29 bits per heavy atom. The van der Waals surface area contributed by atoms with Crippen LogP contribution in [0.1, 0.15) is 27.2 Å². The minimum absolute atomic E-state index is 0.536. The van der Waals surface area contributed by atoms with E-state index in [0.717, 1.165) is 12.0 Å². The van der Waals surface area contributed by atoms with Gasteiger partial charge in [0.05, 0.1) is 6.10 Å². The van der Waals surface area contributed by atoms with Crippen molar-refractivity contribution in [2.45, 2.75) is 39.3 Å². The molecule has 0 heterocycles. The number of carboxylic acid groups (broad SMARTS) is 1. The van der Waals surface area contributed by atoms with Gasteiger partial charge in [0.2, 0.25) is 5.91 Å². The zero-order valence-electron chi connectivity index (χ0n) is 10.3. The predicted molar refractivity (Wildman–Crippen MR) is 64.4 cm³/mol. The van der Waals surface area contributed by atoms with Gasteiger partial charge in [0.15, 0.2) is 6.04 Å². The van der Waals surface area contributed by atoms with Crippen LogP contribution in [0.25, 0.3) is 0 Å². The van der Waals surface area contributed by atoms with Crippen LogP contribution in [0.3, 0.4) is 0 Å². The molecule has 0 aromatic rings. The molecule has 5 heteroatoms. The van der Waals surface area contributed by atoms with Gasteiger partial charge < -0.3 is 15.5 Å². The van der Waals surface area contributed by atoms with E-state index in [0.29, 0.717) is 0 Å². The number of amides is 1. The van der Waals surface area contributed by atoms with Crippen molar-refractivity contribution in [1.29, 1.82) is 0 Å². The molecule has 3 N–H and O–H groups in total. The topological polar surface area (TPSA) is 86.6 Å². The summed E-state index contributed by atoms with van der Waals surface area (Å²) in [6, 6.07) is -1.29. The maximum absolute atomic E-state index is 11.4. The lowest BCUT2D eigenvalue weighted by Crippen LogP contribution is -2.47. The van der Waals surface area contributed by atoms with Gasteiger partial charge in [-0.15, -0.1) is 0 Å². The maximum Gasteiger partial charge on any atom is 0.328 e. The number of aliphatic carboxylic acids is 1. The minimum Gasteiger partial charge on any atom is -0.480 e. The molecule has 5 nitrogen and oxygen atoms in total. The van der Waals surface area contributed by atoms with Crippen LogP contribution in [0.2, 0.25) is 0 Å². The van der Waals surface area contributed by atoms with Gasteiger partial charge in [-0.05, 0) is 20.3 Å². The Balaban J connectivity index is 4.49. The third-order valence-corrected chi connectivity index (χ3v) is 2.27. The van der Waals surface area contributed by atoms with Gasteiger partial charge in [-0.2, -0.15) is 0 Å². The Kier molecular flexibility index (Phi) is 6.89. The summed E-state index contributed by atoms with van der Waals surface area (Å²) in [5.41, 5.74) is 0.976. The highest BCUT2D eigenvalue weighted by Gasteiger charge is 2.23. The lowest BCUT2D eigenvalue weighted by atomic mass is 10.1. The van der Waals surface area contributed by atoms with E-state index in [9.17, 15) is 14.7 Å². The average molecular weight is 241 g/mol. The molecule has 0 fully saturated rings. The number of carboxylic acids is 1. The van der Waals surface area contributed by atoms with E-state index in [1.54, 1.807) is 6.08 Å². The van der Waals surface area contributed by atoms with Crippen LogP contribution in [-0.4, -0.2) is 34.2 Å². The number of carbonyl (C=O) groups is 2. The van der Waals surface area contributed by atoms with Crippen molar-refractivity contribution < 1.29 is 19.8 Å². The molecular weight excluding hydrogens is 222 g/mol. The Morgan fingerprint density at radius 1 is 1.35 bits per heavy atom. The van der Waals surface area contributed by atoms with Gasteiger partial charge in [-0.1, -0.05) is 24.6 Å². The molecule has 0 radical (unpaired) electrons. The molecule has 0 aliphatic rings. The molecule has 0 saturated heterocycles. The summed E-state index contributed by atoms with van der Waals surface area (Å²) in [7, 11) is 0. The predicted octanol–water partition coefficient (Wildman–Crippen LogP) is 0.849. The molecule has 0 aromatic heterocycles. The Bertz CT molecular complexity index is 331. The Morgan fingerprint density at radius 2 is 1.94 bits per heavy atom. The first-order valence-electron chi connectivity index (χ1n) is 5.47. The van der Waals surface area contributed by atoms with Gasteiger partial charge in [-0.3, -0.25) is 4.79 Å². The average Bonchev–Trinajstić information content (AvgIpc) is 2.26. The van der Waals surface area contributed by atoms with Crippen molar-refractivity contribution >= 4 is 11.9 Å². The second-order valence-electron chi connectivity index (χ2n) is 3.62. The third-order valence-electron chi connectivity index (χ3n) is 2.27. The number of hydrogen-bond acceptors (Lipinski definition) is 3. The standard InChI is InChI=1S/C12H19NO4/c1-4-9(5-2)6-7-10(15)13-11(8(3)14)12(16)17/h4,6-8,11,14H,5H2,1-3H3,(H,13,15)(H,16,17)/t8-,11+/m1/s1. The quantitative estimate of drug-likeness (QED) is 0.475. The third kappa shape index (κ3) is 5.87. The van der Waals surface area contributed by atoms with E-state index in [4.69, 9.17) is 5.11 Å². The van der Waals surface area contributed by atoms with Gasteiger partial charge >= 0.3 is 5.97 Å². The van der Waals surface area contributed by atoms with Crippen LogP contribution in [-0.2, 0) is 9.59 Å². The zero-order valence-corrected chi connectivity index (χ0v) is 10.3. The first-order chi connectivity index (χ1) is 7.92. The van der Waals surface area contributed by atoms with Crippen molar-refractivity contribution in [3.63, 3.8) is 0 Å². The molecule has 17 heavy (non-hydrogen) atoms. The molecule has 96 valence electrons. The second-order valence-corrected chi connectivity index (χ2v) is 3.62. The molecule has 1 amide bonds. The van der Waals surface area contributed by atoms with E-state index < -0.39 is 24.0 Å². The van der Waals surface area contributed by atoms with Gasteiger partial charge in [0.1, 0.15) is 0 Å². The van der Waals surface area contributed by atoms with E-state index in [2.05, 4.69) is 5.32 Å². The van der Waals surface area contributed by atoms with E-state index in [-0.39, 0.29) is 0 Å². The van der Waals surface area contributed by atoms with E-state index >= 15 is 0 Å². The van der Waals surface area contributed by atoms with Crippen LogP contribution in [0.5, 0.6) is 0 Å². The minimum atomic E-state index is -1.29. The fourth-order valence-corrected chi connectivity index (χ4v) is 1.19. The lowest BCUT2D eigenvalue weighted by molar-refractivity contribution is -0.144. The molecule has 0 spiro atoms. The first kappa shape index (κ1) is 15.4. The molecular formula is C12H19NO4. The van der Waals surface area contributed by atoms with Crippen LogP contribution in [0, 0.1) is 0 Å². The molecule has 0 bridgehead atoms. The number of rotatable bonds is 6. The monoisotopic (exact) mass is 241 g/mol. The number of hydrogen-bond donors (Lipinski definition) is 3. The molecule has 0 rings (SSSR count). The van der Waals surface area contributed by atoms with Crippen LogP contribution < -0.4 is 5.32 Å². The number of aliphatic hydroxyl groups is 1. The van der Waals surface area contributed by atoms with E-state index in [1.807, 2.05) is 19.9 Å². The lowest BCUT2D eigenvalue weighted by Gasteiger charge is -2.15. The fraction of sp³-hybridized carbons (Fsp3) is 0.500. The highest BCUT2D eigenvalue weighted by atomic mass is 16.4. The SMILES string of the molecule is CC=C(C=CC(=O)N[C@H](C(=O)O)[C@@H](C)O)CC. The second kappa shape index (κ2) is 7.62. The largest absolute Gasteiger partial charge is 0.480 e. The van der Waals surface area contributed by atoms with Gasteiger partial charge in [0, 0.05) is 6.08 Å². The van der Waals surface area contributed by atoms with Crippen LogP contribution >= 0.6 is 0 Å². The van der Waals surface area contributed by atoms with Gasteiger partial charge in [-0.25, -0.2) is 4.79 Å². The Hall–Kier alpha value is -1.62. The zero-order chi connectivity index (χ0) is 13.4. The van der Waals surface area contributed by atoms with Gasteiger partial charge in [0.25, 0.3) is 0 Å². The summed E-state index contributed by atoms with van der Waals surface area (Å²) in [5, 5.41) is 20.1. The molecule has 0 saturated carbocycles. The maximum atomic E-state index is 11.4. The van der Waals surface area contributed by atoms with Crippen molar-refractivity contribution in [2.24, 2.45) is 0 Å². The number of allylic oxidation sites excluding steroid dienone is 3. The van der Waals surface area contributed by atoms with Crippen molar-refractivity contribution in [2.75, 3.05) is 0 Å². The number of carbonyl (C=O) groups excluding carboxylic acids is 1. The van der Waals surface area contributed by atoms with Crippen molar-refractivity contribution in [1.82, 2.24) is 5.32 Å². The van der Waals surface area contributed by atoms with Crippen LogP contribution in [0.15, 0.2) is 23.8 Å². The van der Waals surface area contributed by atoms with E-state index in [1.165, 1.54) is 13.0 Å². The summed E-state index contributed by atoms with van der Waals surface area (Å²) in [4.78, 5) is 22.1. The first-order valence-corrected chi connectivity index (χ1v) is 5.47. The summed E-state index contributed by atoms with van der Waals surface area (Å²) in [6.45, 7) is 5.12. The van der Waals surface area contributed by atoms with Crippen molar-refractivity contribution in [3.05, 3.63) is 23.8 Å². The van der Waals surface area contributed by atoms with Crippen LogP contribution in [0.4, 0.5) is 0 Å². The highest BCUT2D eigenvalue weighted by molar-refractivity contribution is 5.91. The summed E-state index contributed by atoms with van der Waals surface area (Å²) in [5.74, 6) is -1.80. The molecule has 2 atom stereocenters. The highest BCUT2D eigenvalue weighted by Crippen LogP contribution is 2.01. The summed E-state index contributed by atoms with van der Waals surface area (Å²) < 4.78 is 0. The molecule has 0 aliphatic carbocycles. The number of nitrogens with one attached hydrogen (secondary N) is 1. The van der Waals surface area contributed by atoms with Crippen molar-refractivity contribution in [3.8, 4) is 0 Å². The summed E-state index contributed by atoms with van der Waals surface area (Å²) in [6.07, 6.45) is 4.40. The molecule has 0 aliphatic heterocycles.